The summed E-state index contributed by atoms with van der Waals surface area (Å²) in [6.45, 7) is 1.57. The van der Waals surface area contributed by atoms with E-state index in [-0.39, 0.29) is 6.61 Å². The summed E-state index contributed by atoms with van der Waals surface area (Å²) in [6, 6.07) is 12.1. The van der Waals surface area contributed by atoms with Crippen LogP contribution in [0.25, 0.3) is 21.4 Å². The van der Waals surface area contributed by atoms with E-state index in [2.05, 4.69) is 34.4 Å². The van der Waals surface area contributed by atoms with Crippen molar-refractivity contribution in [2.75, 3.05) is 7.05 Å². The number of thiophene rings is 1. The fraction of sp³-hybridized carbons (Fsp3) is 0.190. The lowest BCUT2D eigenvalue weighted by molar-refractivity contribution is 0.281. The molecule has 0 aliphatic heterocycles. The van der Waals surface area contributed by atoms with Crippen LogP contribution in [0.15, 0.2) is 58.8 Å². The van der Waals surface area contributed by atoms with Gasteiger partial charge in [0.2, 0.25) is 0 Å². The molecule has 0 bridgehead atoms. The molecular weight excluding hydrogens is 380 g/mol. The first kappa shape index (κ1) is 18.2. The second kappa shape index (κ2) is 7.82. The molecule has 0 spiro atoms. The van der Waals surface area contributed by atoms with Crippen molar-refractivity contribution in [2.24, 2.45) is 0 Å². The Hall–Kier alpha value is -2.18. The fourth-order valence-electron chi connectivity index (χ4n) is 3.30. The largest absolute Gasteiger partial charge is 0.444 e. The van der Waals surface area contributed by atoms with Gasteiger partial charge < -0.3 is 9.52 Å². The molecule has 0 saturated carbocycles. The summed E-state index contributed by atoms with van der Waals surface area (Å²) in [4.78, 5) is 6.21. The zero-order chi connectivity index (χ0) is 18.8. The Bertz CT molecular complexity index is 1060. The third-order valence-corrected chi connectivity index (χ3v) is 5.79. The number of aromatic nitrogens is 1. The Kier molecular flexibility index (Phi) is 5.27. The number of rotatable bonds is 6. The van der Waals surface area contributed by atoms with Crippen molar-refractivity contribution < 1.29 is 9.52 Å². The Morgan fingerprint density at radius 1 is 1.15 bits per heavy atom. The highest BCUT2D eigenvalue weighted by atomic mass is 35.5. The Morgan fingerprint density at radius 3 is 2.81 bits per heavy atom. The predicted octanol–water partition coefficient (Wildman–Crippen LogP) is 5.33. The van der Waals surface area contributed by atoms with Gasteiger partial charge in [-0.2, -0.15) is 0 Å². The van der Waals surface area contributed by atoms with Gasteiger partial charge in [0.05, 0.1) is 12.8 Å². The zero-order valence-electron chi connectivity index (χ0n) is 14.9. The Morgan fingerprint density at radius 2 is 2.04 bits per heavy atom. The highest BCUT2D eigenvalue weighted by Crippen LogP contribution is 2.30. The lowest BCUT2D eigenvalue weighted by atomic mass is 10.0. The van der Waals surface area contributed by atoms with Crippen LogP contribution >= 0.6 is 22.9 Å². The molecule has 0 atom stereocenters. The number of aliphatic hydroxyl groups is 1. The molecular formula is C21H19ClN2O2S. The van der Waals surface area contributed by atoms with Crippen LogP contribution < -0.4 is 0 Å². The topological polar surface area (TPSA) is 49.5 Å². The molecule has 0 unspecified atom stereocenters. The lowest BCUT2D eigenvalue weighted by Gasteiger charge is -2.17. The van der Waals surface area contributed by atoms with Crippen LogP contribution in [0.2, 0.25) is 5.02 Å². The maximum atomic E-state index is 9.74. The Labute approximate surface area is 166 Å². The smallest absolute Gasteiger partial charge is 0.181 e. The summed E-state index contributed by atoms with van der Waals surface area (Å²) in [6.07, 6.45) is 3.06. The van der Waals surface area contributed by atoms with E-state index in [1.54, 1.807) is 17.5 Å². The molecule has 4 aromatic rings. The molecule has 4 nitrogen and oxygen atoms in total. The summed E-state index contributed by atoms with van der Waals surface area (Å²) < 4.78 is 6.61. The van der Waals surface area contributed by atoms with Crippen LogP contribution in [-0.4, -0.2) is 22.0 Å². The molecule has 2 aromatic carbocycles. The molecule has 0 fully saturated rings. The summed E-state index contributed by atoms with van der Waals surface area (Å²) in [5.74, 6) is 0.667. The average Bonchev–Trinajstić information content (AvgIpc) is 3.32. The van der Waals surface area contributed by atoms with Gasteiger partial charge in [0.25, 0.3) is 0 Å². The highest BCUT2D eigenvalue weighted by molar-refractivity contribution is 7.17. The first-order chi connectivity index (χ1) is 13.1. The number of aliphatic hydroxyl groups excluding tert-OH is 1. The van der Waals surface area contributed by atoms with Gasteiger partial charge in [0.15, 0.2) is 12.2 Å². The molecule has 0 aliphatic carbocycles. The molecule has 27 heavy (non-hydrogen) atoms. The van der Waals surface area contributed by atoms with E-state index in [9.17, 15) is 5.11 Å². The first-order valence-corrected chi connectivity index (χ1v) is 9.85. The molecule has 138 valence electrons. The van der Waals surface area contributed by atoms with Crippen molar-refractivity contribution in [3.63, 3.8) is 0 Å². The van der Waals surface area contributed by atoms with Gasteiger partial charge in [0.1, 0.15) is 0 Å². The number of oxazole rings is 1. The number of hydrogen-bond acceptors (Lipinski definition) is 5. The SMILES string of the molecule is CN(Cc1ccc(-c2cnco2)c(CO)c1)Cc1csc2ccc(Cl)cc12. The van der Waals surface area contributed by atoms with Crippen molar-refractivity contribution in [3.8, 4) is 11.3 Å². The normalized spacial score (nSPS) is 11.6. The standard InChI is InChI=1S/C21H19ClN2O2S/c1-24(10-16-12-27-21-5-3-17(22)7-19(16)21)9-14-2-4-18(15(6-14)11-25)20-8-23-13-26-20/h2-8,12-13,25H,9-11H2,1H3. The number of benzene rings is 2. The third-order valence-electron chi connectivity index (χ3n) is 4.55. The maximum absolute atomic E-state index is 9.74. The minimum atomic E-state index is -0.0404. The van der Waals surface area contributed by atoms with Crippen molar-refractivity contribution in [1.82, 2.24) is 9.88 Å². The van der Waals surface area contributed by atoms with E-state index in [4.69, 9.17) is 16.0 Å². The zero-order valence-corrected chi connectivity index (χ0v) is 16.4. The number of fused-ring (bicyclic) bond motifs is 1. The molecule has 4 rings (SSSR count). The lowest BCUT2D eigenvalue weighted by Crippen LogP contribution is -2.17. The van der Waals surface area contributed by atoms with Crippen LogP contribution in [-0.2, 0) is 19.7 Å². The van der Waals surface area contributed by atoms with Gasteiger partial charge in [-0.1, -0.05) is 29.8 Å². The third kappa shape index (κ3) is 3.92. The van der Waals surface area contributed by atoms with Crippen molar-refractivity contribution in [2.45, 2.75) is 19.7 Å². The van der Waals surface area contributed by atoms with Gasteiger partial charge in [-0.25, -0.2) is 4.98 Å². The van der Waals surface area contributed by atoms with Crippen molar-refractivity contribution in [3.05, 3.63) is 76.1 Å². The van der Waals surface area contributed by atoms with Crippen molar-refractivity contribution >= 4 is 33.0 Å². The fourth-order valence-corrected chi connectivity index (χ4v) is 4.41. The van der Waals surface area contributed by atoms with Crippen molar-refractivity contribution in [1.29, 1.82) is 0 Å². The van der Waals surface area contributed by atoms with Gasteiger partial charge in [-0.15, -0.1) is 11.3 Å². The van der Waals surface area contributed by atoms with Crippen LogP contribution in [0.5, 0.6) is 0 Å². The summed E-state index contributed by atoms with van der Waals surface area (Å²) in [5, 5.41) is 13.9. The van der Waals surface area contributed by atoms with Crippen LogP contribution in [0.4, 0.5) is 0 Å². The summed E-state index contributed by atoms with van der Waals surface area (Å²) in [5.41, 5.74) is 4.13. The first-order valence-electron chi connectivity index (χ1n) is 8.60. The van der Waals surface area contributed by atoms with Gasteiger partial charge in [-0.3, -0.25) is 4.90 Å². The molecule has 2 heterocycles. The van der Waals surface area contributed by atoms with E-state index in [0.717, 1.165) is 34.8 Å². The molecule has 2 aromatic heterocycles. The minimum absolute atomic E-state index is 0.0404. The van der Waals surface area contributed by atoms with Gasteiger partial charge in [-0.05, 0) is 52.7 Å². The highest BCUT2D eigenvalue weighted by Gasteiger charge is 2.11. The summed E-state index contributed by atoms with van der Waals surface area (Å²) >= 11 is 7.90. The van der Waals surface area contributed by atoms with Crippen LogP contribution in [0.1, 0.15) is 16.7 Å². The van der Waals surface area contributed by atoms with E-state index in [1.165, 1.54) is 22.0 Å². The van der Waals surface area contributed by atoms with Gasteiger partial charge in [0, 0.05) is 28.4 Å². The quantitative estimate of drug-likeness (QED) is 0.476. The van der Waals surface area contributed by atoms with E-state index in [0.29, 0.717) is 5.76 Å². The summed E-state index contributed by atoms with van der Waals surface area (Å²) in [7, 11) is 2.09. The van der Waals surface area contributed by atoms with Gasteiger partial charge >= 0.3 is 0 Å². The maximum Gasteiger partial charge on any atom is 0.181 e. The minimum Gasteiger partial charge on any atom is -0.444 e. The Balaban J connectivity index is 1.52. The number of nitrogens with zero attached hydrogens (tertiary/aromatic N) is 2. The van der Waals surface area contributed by atoms with E-state index < -0.39 is 0 Å². The van der Waals surface area contributed by atoms with Crippen LogP contribution in [0.3, 0.4) is 0 Å². The molecule has 0 radical (unpaired) electrons. The van der Waals surface area contributed by atoms with Crippen LogP contribution in [0, 0.1) is 0 Å². The second-order valence-electron chi connectivity index (χ2n) is 6.59. The van der Waals surface area contributed by atoms with E-state index in [1.807, 2.05) is 24.3 Å². The molecule has 6 heteroatoms. The monoisotopic (exact) mass is 398 g/mol. The van der Waals surface area contributed by atoms with E-state index >= 15 is 0 Å². The number of halogens is 1. The molecule has 0 aliphatic rings. The molecule has 0 saturated heterocycles. The molecule has 1 N–H and O–H groups in total. The average molecular weight is 399 g/mol. The number of hydrogen-bond donors (Lipinski definition) is 1. The second-order valence-corrected chi connectivity index (χ2v) is 7.94. The molecule has 0 amide bonds. The predicted molar refractivity (Wildman–Crippen MR) is 110 cm³/mol.